The van der Waals surface area contributed by atoms with Gasteiger partial charge >= 0.3 is 0 Å². The van der Waals surface area contributed by atoms with Crippen LogP contribution in [0.3, 0.4) is 0 Å². The topological polar surface area (TPSA) is 123 Å². The Hall–Kier alpha value is -3.62. The van der Waals surface area contributed by atoms with E-state index in [1.54, 1.807) is 0 Å². The van der Waals surface area contributed by atoms with Gasteiger partial charge in [0, 0.05) is 17.7 Å². The highest BCUT2D eigenvalue weighted by Crippen LogP contribution is 2.36. The predicted octanol–water partition coefficient (Wildman–Crippen LogP) is 3.20. The van der Waals surface area contributed by atoms with Crippen LogP contribution < -0.4 is 14.9 Å². The average molecular weight is 413 g/mol. The molecule has 1 atom stereocenters. The summed E-state index contributed by atoms with van der Waals surface area (Å²) in [6.45, 7) is 7.77. The van der Waals surface area contributed by atoms with Gasteiger partial charge < -0.3 is 14.6 Å². The summed E-state index contributed by atoms with van der Waals surface area (Å²) in [4.78, 5) is 22.8. The van der Waals surface area contributed by atoms with Gasteiger partial charge in [-0.2, -0.15) is 5.10 Å². The summed E-state index contributed by atoms with van der Waals surface area (Å²) >= 11 is 0. The molecule has 0 aliphatic carbocycles. The van der Waals surface area contributed by atoms with E-state index in [9.17, 15) is 20.0 Å². The first-order valence-corrected chi connectivity index (χ1v) is 9.31. The summed E-state index contributed by atoms with van der Waals surface area (Å²) in [5, 5.41) is 24.8. The Kier molecular flexibility index (Phi) is 5.64. The predicted molar refractivity (Wildman–Crippen MR) is 110 cm³/mol. The second kappa shape index (κ2) is 8.02. The Morgan fingerprint density at radius 2 is 2.03 bits per heavy atom. The largest absolute Gasteiger partial charge is 0.507 e. The summed E-state index contributed by atoms with van der Waals surface area (Å²) in [5.41, 5.74) is 3.52. The second-order valence-corrected chi connectivity index (χ2v) is 8.02. The standard InChI is InChI=1S/C21H23N3O6/c1-12-7-15(24(27)28)8-13(19(12)25)10-22-23-20(26)18-11-29-16-6-5-14(21(2,3)4)9-17(16)30-18/h5-10,18,25H,11H2,1-4H3,(H,23,26)/t18-/m0/s1. The van der Waals surface area contributed by atoms with Crippen LogP contribution in [-0.4, -0.2) is 34.9 Å². The molecule has 2 aromatic carbocycles. The number of nitro benzene ring substituents is 1. The first-order valence-electron chi connectivity index (χ1n) is 9.31. The molecule has 0 radical (unpaired) electrons. The molecule has 1 aliphatic heterocycles. The first-order chi connectivity index (χ1) is 14.1. The van der Waals surface area contributed by atoms with Crippen molar-refractivity contribution in [3.05, 3.63) is 57.1 Å². The summed E-state index contributed by atoms with van der Waals surface area (Å²) in [5.74, 6) is 0.344. The number of nitrogens with one attached hydrogen (secondary N) is 1. The summed E-state index contributed by atoms with van der Waals surface area (Å²) in [7, 11) is 0. The third kappa shape index (κ3) is 4.51. The van der Waals surface area contributed by atoms with Gasteiger partial charge in [-0.15, -0.1) is 0 Å². The van der Waals surface area contributed by atoms with Crippen LogP contribution in [0.15, 0.2) is 35.4 Å². The van der Waals surface area contributed by atoms with Gasteiger partial charge in [-0.05, 0) is 35.6 Å². The van der Waals surface area contributed by atoms with Crippen molar-refractivity contribution in [2.24, 2.45) is 5.10 Å². The maximum atomic E-state index is 12.4. The van der Waals surface area contributed by atoms with Gasteiger partial charge in [0.05, 0.1) is 11.1 Å². The van der Waals surface area contributed by atoms with Gasteiger partial charge in [-0.1, -0.05) is 26.8 Å². The van der Waals surface area contributed by atoms with Gasteiger partial charge in [0.2, 0.25) is 6.10 Å². The fraction of sp³-hybridized carbons (Fsp3) is 0.333. The molecule has 0 saturated heterocycles. The van der Waals surface area contributed by atoms with Crippen molar-refractivity contribution >= 4 is 17.8 Å². The van der Waals surface area contributed by atoms with Crippen LogP contribution in [0, 0.1) is 17.0 Å². The number of ether oxygens (including phenoxy) is 2. The van der Waals surface area contributed by atoms with Crippen molar-refractivity contribution in [2.45, 2.75) is 39.2 Å². The van der Waals surface area contributed by atoms with Crippen LogP contribution in [-0.2, 0) is 10.2 Å². The minimum Gasteiger partial charge on any atom is -0.507 e. The van der Waals surface area contributed by atoms with Gasteiger partial charge in [0.15, 0.2) is 11.5 Å². The molecule has 0 aromatic heterocycles. The van der Waals surface area contributed by atoms with Crippen LogP contribution in [0.2, 0.25) is 0 Å². The zero-order valence-corrected chi connectivity index (χ0v) is 17.1. The maximum Gasteiger partial charge on any atom is 0.284 e. The van der Waals surface area contributed by atoms with E-state index < -0.39 is 16.9 Å². The molecule has 3 rings (SSSR count). The zero-order chi connectivity index (χ0) is 22.1. The number of benzene rings is 2. The molecule has 1 aliphatic rings. The average Bonchev–Trinajstić information content (AvgIpc) is 2.69. The Balaban J connectivity index is 1.70. The van der Waals surface area contributed by atoms with Gasteiger partial charge in [0.1, 0.15) is 12.4 Å². The number of phenolic OH excluding ortho intramolecular Hbond substituents is 1. The van der Waals surface area contributed by atoms with Crippen molar-refractivity contribution in [3.8, 4) is 17.2 Å². The SMILES string of the molecule is Cc1cc([N+](=O)[O-])cc(C=NNC(=O)[C@@H]2COc3ccc(C(C)(C)C)cc3O2)c1O. The van der Waals surface area contributed by atoms with E-state index in [2.05, 4.69) is 31.3 Å². The maximum absolute atomic E-state index is 12.4. The number of nitrogens with zero attached hydrogens (tertiary/aromatic N) is 2. The highest BCUT2D eigenvalue weighted by molar-refractivity contribution is 5.87. The first kappa shape index (κ1) is 21.1. The molecule has 30 heavy (non-hydrogen) atoms. The number of aryl methyl sites for hydroxylation is 1. The number of nitro groups is 1. The third-order valence-electron chi connectivity index (χ3n) is 4.67. The van der Waals surface area contributed by atoms with E-state index >= 15 is 0 Å². The van der Waals surface area contributed by atoms with Crippen LogP contribution in [0.25, 0.3) is 0 Å². The van der Waals surface area contributed by atoms with Gasteiger partial charge in [0.25, 0.3) is 11.6 Å². The fourth-order valence-electron chi connectivity index (χ4n) is 2.90. The number of fused-ring (bicyclic) bond motifs is 1. The number of hydrogen-bond donors (Lipinski definition) is 2. The zero-order valence-electron chi connectivity index (χ0n) is 17.1. The van der Waals surface area contributed by atoms with E-state index in [4.69, 9.17) is 9.47 Å². The normalized spacial score (nSPS) is 15.8. The minimum absolute atomic E-state index is 0.0182. The summed E-state index contributed by atoms with van der Waals surface area (Å²) < 4.78 is 11.4. The van der Waals surface area contributed by atoms with E-state index in [1.807, 2.05) is 18.2 Å². The lowest BCUT2D eigenvalue weighted by atomic mass is 9.87. The number of aromatic hydroxyl groups is 1. The molecular weight excluding hydrogens is 390 g/mol. The summed E-state index contributed by atoms with van der Waals surface area (Å²) in [6, 6.07) is 8.04. The Morgan fingerprint density at radius 3 is 2.70 bits per heavy atom. The molecule has 1 amide bonds. The van der Waals surface area contributed by atoms with Crippen molar-refractivity contribution in [1.29, 1.82) is 0 Å². The smallest absolute Gasteiger partial charge is 0.284 e. The van der Waals surface area contributed by atoms with Crippen molar-refractivity contribution in [1.82, 2.24) is 5.43 Å². The van der Waals surface area contributed by atoms with E-state index in [0.717, 1.165) is 11.8 Å². The fourth-order valence-corrected chi connectivity index (χ4v) is 2.90. The highest BCUT2D eigenvalue weighted by atomic mass is 16.6. The van der Waals surface area contributed by atoms with Gasteiger partial charge in [-0.3, -0.25) is 14.9 Å². The number of phenols is 1. The molecule has 2 aromatic rings. The Morgan fingerprint density at radius 1 is 1.30 bits per heavy atom. The number of rotatable bonds is 4. The lowest BCUT2D eigenvalue weighted by Gasteiger charge is -2.27. The molecular formula is C21H23N3O6. The second-order valence-electron chi connectivity index (χ2n) is 8.02. The van der Waals surface area contributed by atoms with Gasteiger partial charge in [-0.25, -0.2) is 5.43 Å². The van der Waals surface area contributed by atoms with E-state index in [1.165, 1.54) is 19.1 Å². The molecule has 158 valence electrons. The molecule has 0 fully saturated rings. The molecule has 0 bridgehead atoms. The van der Waals surface area contributed by atoms with Crippen LogP contribution in [0.1, 0.15) is 37.5 Å². The van der Waals surface area contributed by atoms with Crippen LogP contribution in [0.5, 0.6) is 17.2 Å². The number of amides is 1. The number of hydrogen-bond acceptors (Lipinski definition) is 7. The van der Waals surface area contributed by atoms with Crippen molar-refractivity contribution < 1.29 is 24.3 Å². The van der Waals surface area contributed by atoms with Crippen LogP contribution in [0.4, 0.5) is 5.69 Å². The molecule has 0 spiro atoms. The molecule has 9 heteroatoms. The molecule has 9 nitrogen and oxygen atoms in total. The molecule has 0 saturated carbocycles. The lowest BCUT2D eigenvalue weighted by molar-refractivity contribution is -0.384. The number of non-ortho nitro benzene ring substituents is 1. The monoisotopic (exact) mass is 413 g/mol. The summed E-state index contributed by atoms with van der Waals surface area (Å²) in [6.07, 6.45) is 0.230. The van der Waals surface area contributed by atoms with Crippen molar-refractivity contribution in [2.75, 3.05) is 6.61 Å². The number of carbonyl (C=O) groups excluding carboxylic acids is 1. The van der Waals surface area contributed by atoms with E-state index in [0.29, 0.717) is 17.1 Å². The molecule has 1 heterocycles. The van der Waals surface area contributed by atoms with Crippen molar-refractivity contribution in [3.63, 3.8) is 0 Å². The lowest BCUT2D eigenvalue weighted by Crippen LogP contribution is -2.42. The Labute approximate surface area is 173 Å². The van der Waals surface area contributed by atoms with E-state index in [-0.39, 0.29) is 29.0 Å². The number of carbonyl (C=O) groups is 1. The quantitative estimate of drug-likeness (QED) is 0.451. The minimum atomic E-state index is -0.912. The Bertz CT molecular complexity index is 1030. The third-order valence-corrected chi connectivity index (χ3v) is 4.67. The molecule has 2 N–H and O–H groups in total. The molecule has 0 unspecified atom stereocenters. The highest BCUT2D eigenvalue weighted by Gasteiger charge is 2.28. The van der Waals surface area contributed by atoms with Crippen LogP contribution >= 0.6 is 0 Å². The number of hydrazone groups is 1.